The van der Waals surface area contributed by atoms with Gasteiger partial charge in [0.05, 0.1) is 6.61 Å². The number of halogens is 1. The number of carbonyl (C=O) groups is 1. The predicted octanol–water partition coefficient (Wildman–Crippen LogP) is 1.39. The van der Waals surface area contributed by atoms with Crippen LogP contribution in [0.1, 0.15) is 12.8 Å². The number of hydrogen-bond donors (Lipinski definition) is 0. The molecule has 1 saturated heterocycles. The van der Waals surface area contributed by atoms with Crippen molar-refractivity contribution >= 4 is 17.0 Å². The molecule has 4 nitrogen and oxygen atoms in total. The van der Waals surface area contributed by atoms with E-state index in [1.807, 2.05) is 0 Å². The van der Waals surface area contributed by atoms with Crippen LogP contribution in [0, 0.1) is 0 Å². The van der Waals surface area contributed by atoms with E-state index >= 15 is 0 Å². The smallest absolute Gasteiger partial charge is 0.403 e. The van der Waals surface area contributed by atoms with Crippen molar-refractivity contribution in [2.75, 3.05) is 46.4 Å². The highest BCUT2D eigenvalue weighted by atomic mass is 35.5. The number of carbonyl (C=O) groups excluding carboxylic acids is 1. The molecule has 1 aliphatic heterocycles. The van der Waals surface area contributed by atoms with Crippen molar-refractivity contribution in [3.8, 4) is 0 Å². The molecule has 0 atom stereocenters. The summed E-state index contributed by atoms with van der Waals surface area (Å²) in [6.45, 7) is 5.94. The van der Waals surface area contributed by atoms with Crippen molar-refractivity contribution in [1.29, 1.82) is 0 Å². The van der Waals surface area contributed by atoms with E-state index in [9.17, 15) is 4.79 Å². The molecule has 1 aliphatic rings. The molecule has 88 valence electrons. The Hall–Kier alpha value is -0.320. The van der Waals surface area contributed by atoms with E-state index in [0.29, 0.717) is 6.61 Å². The molecule has 0 unspecified atom stereocenters. The summed E-state index contributed by atoms with van der Waals surface area (Å²) >= 11 is 5.06. The predicted molar refractivity (Wildman–Crippen MR) is 60.4 cm³/mol. The quantitative estimate of drug-likeness (QED) is 0.544. The van der Waals surface area contributed by atoms with Gasteiger partial charge in [-0.2, -0.15) is 0 Å². The highest BCUT2D eigenvalue weighted by Gasteiger charge is 2.11. The highest BCUT2D eigenvalue weighted by Crippen LogP contribution is 2.02. The third kappa shape index (κ3) is 5.97. The summed E-state index contributed by atoms with van der Waals surface area (Å²) in [7, 11) is 2.15. The van der Waals surface area contributed by atoms with Gasteiger partial charge in [0.2, 0.25) is 0 Å². The molecule has 5 heteroatoms. The number of rotatable bonds is 4. The van der Waals surface area contributed by atoms with Crippen LogP contribution in [-0.2, 0) is 4.74 Å². The summed E-state index contributed by atoms with van der Waals surface area (Å²) in [5.41, 5.74) is -0.703. The third-order valence-corrected chi connectivity index (χ3v) is 2.76. The standard InChI is InChI=1S/C10H19ClN2O2/c1-12-4-2-5-13(8-7-12)6-3-9-15-10(11)14/h2-9H2,1H3. The fraction of sp³-hybridized carbons (Fsp3) is 0.900. The van der Waals surface area contributed by atoms with Crippen LogP contribution < -0.4 is 0 Å². The first-order valence-electron chi connectivity index (χ1n) is 5.41. The summed E-state index contributed by atoms with van der Waals surface area (Å²) in [6.07, 6.45) is 2.08. The Morgan fingerprint density at radius 3 is 2.87 bits per heavy atom. The van der Waals surface area contributed by atoms with Gasteiger partial charge >= 0.3 is 5.43 Å². The first-order valence-corrected chi connectivity index (χ1v) is 5.79. The molecular weight excluding hydrogens is 216 g/mol. The minimum atomic E-state index is -0.703. The van der Waals surface area contributed by atoms with E-state index in [-0.39, 0.29) is 0 Å². The summed E-state index contributed by atoms with van der Waals surface area (Å²) in [6, 6.07) is 0. The van der Waals surface area contributed by atoms with Crippen molar-refractivity contribution in [3.05, 3.63) is 0 Å². The van der Waals surface area contributed by atoms with Crippen LogP contribution >= 0.6 is 11.6 Å². The molecule has 0 aliphatic carbocycles. The summed E-state index contributed by atoms with van der Waals surface area (Å²) in [5.74, 6) is 0. The topological polar surface area (TPSA) is 32.8 Å². The molecule has 0 spiro atoms. The number of hydrogen-bond acceptors (Lipinski definition) is 4. The van der Waals surface area contributed by atoms with Gasteiger partial charge in [0.25, 0.3) is 0 Å². The lowest BCUT2D eigenvalue weighted by Crippen LogP contribution is -2.30. The zero-order valence-electron chi connectivity index (χ0n) is 9.25. The van der Waals surface area contributed by atoms with Gasteiger partial charge in [-0.1, -0.05) is 0 Å². The normalized spacial score (nSPS) is 19.9. The van der Waals surface area contributed by atoms with E-state index in [1.54, 1.807) is 0 Å². The molecule has 1 rings (SSSR count). The molecule has 0 N–H and O–H groups in total. The van der Waals surface area contributed by atoms with Crippen LogP contribution in [0.25, 0.3) is 0 Å². The van der Waals surface area contributed by atoms with E-state index < -0.39 is 5.43 Å². The molecule has 0 amide bonds. The molecule has 0 aromatic carbocycles. The molecule has 0 saturated carbocycles. The van der Waals surface area contributed by atoms with E-state index in [0.717, 1.165) is 32.6 Å². The third-order valence-electron chi connectivity index (χ3n) is 2.65. The minimum absolute atomic E-state index is 0.425. The second-order valence-electron chi connectivity index (χ2n) is 3.94. The second-order valence-corrected chi connectivity index (χ2v) is 4.25. The Morgan fingerprint density at radius 1 is 1.33 bits per heavy atom. The maximum Gasteiger partial charge on any atom is 0.403 e. The van der Waals surface area contributed by atoms with E-state index in [2.05, 4.69) is 21.6 Å². The number of likely N-dealkylation sites (N-methyl/N-ethyl adjacent to an activating group) is 1. The Bertz CT molecular complexity index is 202. The fourth-order valence-electron chi connectivity index (χ4n) is 1.76. The van der Waals surface area contributed by atoms with Crippen molar-refractivity contribution < 1.29 is 9.53 Å². The molecule has 1 fully saturated rings. The van der Waals surface area contributed by atoms with Gasteiger partial charge in [-0.05, 0) is 33.0 Å². The zero-order chi connectivity index (χ0) is 11.1. The molecule has 0 aromatic rings. The van der Waals surface area contributed by atoms with Crippen molar-refractivity contribution in [1.82, 2.24) is 9.80 Å². The number of nitrogens with zero attached hydrogens (tertiary/aromatic N) is 2. The minimum Gasteiger partial charge on any atom is -0.454 e. The first kappa shape index (κ1) is 12.7. The Labute approximate surface area is 96.1 Å². The molecular formula is C10H19ClN2O2. The van der Waals surface area contributed by atoms with Crippen LogP contribution in [0.5, 0.6) is 0 Å². The Balaban J connectivity index is 2.07. The van der Waals surface area contributed by atoms with Gasteiger partial charge in [0, 0.05) is 31.2 Å². The van der Waals surface area contributed by atoms with Crippen molar-refractivity contribution in [2.24, 2.45) is 0 Å². The average Bonchev–Trinajstić information content (AvgIpc) is 2.38. The SMILES string of the molecule is CN1CCCN(CCCOC(=O)Cl)CC1. The van der Waals surface area contributed by atoms with Gasteiger partial charge in [0.15, 0.2) is 0 Å². The molecule has 0 aromatic heterocycles. The van der Waals surface area contributed by atoms with Crippen molar-refractivity contribution in [3.63, 3.8) is 0 Å². The van der Waals surface area contributed by atoms with Crippen LogP contribution in [0.15, 0.2) is 0 Å². The lowest BCUT2D eigenvalue weighted by molar-refractivity contribution is 0.163. The summed E-state index contributed by atoms with van der Waals surface area (Å²) < 4.78 is 4.67. The van der Waals surface area contributed by atoms with Crippen LogP contribution in [-0.4, -0.2) is 61.6 Å². The van der Waals surface area contributed by atoms with Crippen molar-refractivity contribution in [2.45, 2.75) is 12.8 Å². The average molecular weight is 235 g/mol. The van der Waals surface area contributed by atoms with Gasteiger partial charge in [-0.25, -0.2) is 4.79 Å². The maximum atomic E-state index is 10.3. The summed E-state index contributed by atoms with van der Waals surface area (Å²) in [5, 5.41) is 0. The Morgan fingerprint density at radius 2 is 2.13 bits per heavy atom. The lowest BCUT2D eigenvalue weighted by Gasteiger charge is -2.19. The number of ether oxygens (including phenoxy) is 1. The van der Waals surface area contributed by atoms with Gasteiger partial charge in [0.1, 0.15) is 0 Å². The monoisotopic (exact) mass is 234 g/mol. The molecule has 0 radical (unpaired) electrons. The van der Waals surface area contributed by atoms with Crippen LogP contribution in [0.3, 0.4) is 0 Å². The van der Waals surface area contributed by atoms with E-state index in [1.165, 1.54) is 13.0 Å². The van der Waals surface area contributed by atoms with Crippen LogP contribution in [0.4, 0.5) is 4.79 Å². The highest BCUT2D eigenvalue weighted by molar-refractivity contribution is 6.61. The maximum absolute atomic E-state index is 10.3. The van der Waals surface area contributed by atoms with E-state index in [4.69, 9.17) is 11.6 Å². The van der Waals surface area contributed by atoms with Gasteiger partial charge in [-0.3, -0.25) is 0 Å². The molecule has 1 heterocycles. The molecule has 15 heavy (non-hydrogen) atoms. The summed E-state index contributed by atoms with van der Waals surface area (Å²) in [4.78, 5) is 15.1. The van der Waals surface area contributed by atoms with Gasteiger partial charge < -0.3 is 14.5 Å². The fourth-order valence-corrected chi connectivity index (χ4v) is 1.84. The van der Waals surface area contributed by atoms with Crippen LogP contribution in [0.2, 0.25) is 0 Å². The zero-order valence-corrected chi connectivity index (χ0v) is 10.0. The lowest BCUT2D eigenvalue weighted by atomic mass is 10.3. The van der Waals surface area contributed by atoms with Gasteiger partial charge in [-0.15, -0.1) is 0 Å². The first-order chi connectivity index (χ1) is 7.18. The Kier molecular flexibility index (Phi) is 5.98. The largest absolute Gasteiger partial charge is 0.454 e. The second kappa shape index (κ2) is 7.04. The molecule has 0 bridgehead atoms.